The lowest BCUT2D eigenvalue weighted by molar-refractivity contribution is 0.868. The molecule has 0 fully saturated rings. The van der Waals surface area contributed by atoms with Gasteiger partial charge in [-0.1, -0.05) is 6.08 Å². The first-order chi connectivity index (χ1) is 9.81. The summed E-state index contributed by atoms with van der Waals surface area (Å²) in [6.45, 7) is 2.07. The fraction of sp³-hybridized carbons (Fsp3) is 0.375. The molecular weight excluding hydrogens is 248 g/mol. The summed E-state index contributed by atoms with van der Waals surface area (Å²) >= 11 is 0. The van der Waals surface area contributed by atoms with Crippen LogP contribution in [-0.4, -0.2) is 19.9 Å². The number of hydrogen-bond acceptors (Lipinski definition) is 4. The molecule has 0 spiro atoms. The smallest absolute Gasteiger partial charge is 0.135 e. The lowest BCUT2D eigenvalue weighted by Gasteiger charge is -2.08. The zero-order valence-electron chi connectivity index (χ0n) is 11.6. The first kappa shape index (κ1) is 11.7. The Morgan fingerprint density at radius 1 is 1.10 bits per heavy atom. The van der Waals surface area contributed by atoms with E-state index in [9.17, 15) is 0 Å². The zero-order chi connectivity index (χ0) is 13.5. The third-order valence-corrected chi connectivity index (χ3v) is 4.18. The van der Waals surface area contributed by atoms with Gasteiger partial charge in [0, 0.05) is 17.0 Å². The predicted octanol–water partition coefficient (Wildman–Crippen LogP) is 2.22. The van der Waals surface area contributed by atoms with E-state index < -0.39 is 0 Å². The standard InChI is InChI=1S/C16H16N4/c1-10-11-4-2-7-14(11)20-16(19-10)8-15-12-5-3-6-13(12)17-9-18-15/h2,7,9H,3-6,8H2,1H3. The molecule has 0 atom stereocenters. The highest BCUT2D eigenvalue weighted by Crippen LogP contribution is 2.24. The predicted molar refractivity (Wildman–Crippen MR) is 76.4 cm³/mol. The average molecular weight is 264 g/mol. The van der Waals surface area contributed by atoms with Gasteiger partial charge in [-0.3, -0.25) is 0 Å². The van der Waals surface area contributed by atoms with E-state index in [2.05, 4.69) is 39.0 Å². The zero-order valence-corrected chi connectivity index (χ0v) is 11.6. The van der Waals surface area contributed by atoms with Crippen LogP contribution in [0.2, 0.25) is 0 Å². The van der Waals surface area contributed by atoms with Crippen LogP contribution in [-0.2, 0) is 25.7 Å². The molecule has 2 aliphatic carbocycles. The van der Waals surface area contributed by atoms with Crippen LogP contribution in [0.1, 0.15) is 46.1 Å². The second-order valence-corrected chi connectivity index (χ2v) is 5.47. The van der Waals surface area contributed by atoms with Crippen molar-refractivity contribution < 1.29 is 0 Å². The monoisotopic (exact) mass is 264 g/mol. The molecule has 100 valence electrons. The highest BCUT2D eigenvalue weighted by molar-refractivity contribution is 5.57. The molecule has 4 nitrogen and oxygen atoms in total. The van der Waals surface area contributed by atoms with Crippen molar-refractivity contribution in [1.29, 1.82) is 0 Å². The topological polar surface area (TPSA) is 51.6 Å². The summed E-state index contributed by atoms with van der Waals surface area (Å²) in [5.74, 6) is 0.876. The van der Waals surface area contributed by atoms with Gasteiger partial charge in [-0.05, 0) is 44.2 Å². The Morgan fingerprint density at radius 3 is 3.00 bits per heavy atom. The van der Waals surface area contributed by atoms with Gasteiger partial charge < -0.3 is 0 Å². The maximum absolute atomic E-state index is 4.68. The van der Waals surface area contributed by atoms with E-state index >= 15 is 0 Å². The third kappa shape index (κ3) is 1.83. The summed E-state index contributed by atoms with van der Waals surface area (Å²) < 4.78 is 0. The van der Waals surface area contributed by atoms with Crippen LogP contribution in [0.3, 0.4) is 0 Å². The van der Waals surface area contributed by atoms with Gasteiger partial charge in [-0.25, -0.2) is 19.9 Å². The van der Waals surface area contributed by atoms with Crippen LogP contribution < -0.4 is 0 Å². The van der Waals surface area contributed by atoms with Gasteiger partial charge >= 0.3 is 0 Å². The van der Waals surface area contributed by atoms with Crippen molar-refractivity contribution in [1.82, 2.24) is 19.9 Å². The summed E-state index contributed by atoms with van der Waals surface area (Å²) in [5, 5.41) is 0. The quantitative estimate of drug-likeness (QED) is 0.834. The Balaban J connectivity index is 1.72. The van der Waals surface area contributed by atoms with Crippen molar-refractivity contribution >= 4 is 6.08 Å². The first-order valence-corrected chi connectivity index (χ1v) is 7.16. The third-order valence-electron chi connectivity index (χ3n) is 4.18. The number of aromatic nitrogens is 4. The summed E-state index contributed by atoms with van der Waals surface area (Å²) in [5.41, 5.74) is 7.09. The van der Waals surface area contributed by atoms with Gasteiger partial charge in [0.15, 0.2) is 0 Å². The van der Waals surface area contributed by atoms with Crippen LogP contribution in [0.25, 0.3) is 6.08 Å². The van der Waals surface area contributed by atoms with E-state index in [0.717, 1.165) is 42.2 Å². The maximum Gasteiger partial charge on any atom is 0.135 e. The largest absolute Gasteiger partial charge is 0.241 e. The van der Waals surface area contributed by atoms with Crippen LogP contribution in [0, 0.1) is 6.92 Å². The van der Waals surface area contributed by atoms with Crippen molar-refractivity contribution in [2.75, 3.05) is 0 Å². The summed E-state index contributed by atoms with van der Waals surface area (Å²) in [4.78, 5) is 18.2. The van der Waals surface area contributed by atoms with Gasteiger partial charge in [0.25, 0.3) is 0 Å². The second kappa shape index (κ2) is 4.47. The lowest BCUT2D eigenvalue weighted by atomic mass is 10.1. The van der Waals surface area contributed by atoms with E-state index in [-0.39, 0.29) is 0 Å². The molecule has 4 rings (SSSR count). The number of aryl methyl sites for hydroxylation is 2. The van der Waals surface area contributed by atoms with E-state index in [4.69, 9.17) is 0 Å². The van der Waals surface area contributed by atoms with Crippen LogP contribution in [0.15, 0.2) is 12.4 Å². The molecule has 2 heterocycles. The molecular formula is C16H16N4. The molecule has 0 bridgehead atoms. The van der Waals surface area contributed by atoms with Crippen molar-refractivity contribution in [3.63, 3.8) is 0 Å². The number of fused-ring (bicyclic) bond motifs is 2. The Bertz CT molecular complexity index is 719. The van der Waals surface area contributed by atoms with Gasteiger partial charge in [-0.15, -0.1) is 0 Å². The van der Waals surface area contributed by atoms with Crippen LogP contribution in [0.5, 0.6) is 0 Å². The average Bonchev–Trinajstić information content (AvgIpc) is 3.06. The molecule has 4 heteroatoms. The fourth-order valence-electron chi connectivity index (χ4n) is 3.16. The lowest BCUT2D eigenvalue weighted by Crippen LogP contribution is -2.07. The number of allylic oxidation sites excluding steroid dienone is 1. The molecule has 0 saturated heterocycles. The van der Waals surface area contributed by atoms with Crippen molar-refractivity contribution in [2.24, 2.45) is 0 Å². The minimum absolute atomic E-state index is 0.715. The normalized spacial score (nSPS) is 15.4. The summed E-state index contributed by atoms with van der Waals surface area (Å²) in [6, 6.07) is 0. The van der Waals surface area contributed by atoms with Gasteiger partial charge in [-0.2, -0.15) is 0 Å². The van der Waals surface area contributed by atoms with Crippen LogP contribution in [0.4, 0.5) is 0 Å². The summed E-state index contributed by atoms with van der Waals surface area (Å²) in [7, 11) is 0. The number of nitrogens with zero attached hydrogens (tertiary/aromatic N) is 4. The number of hydrogen-bond donors (Lipinski definition) is 0. The van der Waals surface area contributed by atoms with E-state index in [1.54, 1.807) is 6.33 Å². The van der Waals surface area contributed by atoms with Crippen molar-refractivity contribution in [3.8, 4) is 0 Å². The van der Waals surface area contributed by atoms with Crippen molar-refractivity contribution in [3.05, 3.63) is 52.1 Å². The Morgan fingerprint density at radius 2 is 2.05 bits per heavy atom. The maximum atomic E-state index is 4.68. The molecule has 0 unspecified atom stereocenters. The minimum atomic E-state index is 0.715. The second-order valence-electron chi connectivity index (χ2n) is 5.47. The highest BCUT2D eigenvalue weighted by atomic mass is 14.9. The van der Waals surface area contributed by atoms with Gasteiger partial charge in [0.05, 0.1) is 17.8 Å². The Kier molecular flexibility index (Phi) is 2.62. The van der Waals surface area contributed by atoms with Crippen LogP contribution >= 0.6 is 0 Å². The molecule has 20 heavy (non-hydrogen) atoms. The van der Waals surface area contributed by atoms with E-state index in [0.29, 0.717) is 6.42 Å². The molecule has 0 saturated carbocycles. The Hall–Kier alpha value is -2.10. The molecule has 0 amide bonds. The first-order valence-electron chi connectivity index (χ1n) is 7.16. The molecule has 0 radical (unpaired) electrons. The van der Waals surface area contributed by atoms with Gasteiger partial charge in [0.1, 0.15) is 12.2 Å². The summed E-state index contributed by atoms with van der Waals surface area (Å²) in [6.07, 6.45) is 11.0. The Labute approximate surface area is 118 Å². The molecule has 2 aromatic heterocycles. The molecule has 2 aromatic rings. The van der Waals surface area contributed by atoms with E-state index in [1.165, 1.54) is 23.2 Å². The molecule has 0 aromatic carbocycles. The SMILES string of the molecule is Cc1nc(Cc2ncnc3c2CCC3)nc2c1CC=C2. The molecule has 0 aliphatic heterocycles. The van der Waals surface area contributed by atoms with Crippen molar-refractivity contribution in [2.45, 2.75) is 39.0 Å². The van der Waals surface area contributed by atoms with E-state index in [1.807, 2.05) is 0 Å². The molecule has 2 aliphatic rings. The van der Waals surface area contributed by atoms with Gasteiger partial charge in [0.2, 0.25) is 0 Å². The number of rotatable bonds is 2. The minimum Gasteiger partial charge on any atom is -0.241 e. The highest BCUT2D eigenvalue weighted by Gasteiger charge is 2.19. The molecule has 0 N–H and O–H groups in total. The fourth-order valence-corrected chi connectivity index (χ4v) is 3.16.